The Hall–Kier alpha value is -3.03. The van der Waals surface area contributed by atoms with Crippen molar-refractivity contribution in [3.8, 4) is 0 Å². The van der Waals surface area contributed by atoms with E-state index >= 15 is 0 Å². The third kappa shape index (κ3) is 3.66. The van der Waals surface area contributed by atoms with Gasteiger partial charge in [0.2, 0.25) is 11.8 Å². The second-order valence-corrected chi connectivity index (χ2v) is 7.69. The number of nitrogens with two attached hydrogens (primary N) is 1. The molecule has 3 amide bonds. The number of primary amides is 1. The molecular weight excluding hydrogens is 375 g/mol. The summed E-state index contributed by atoms with van der Waals surface area (Å²) in [5, 5.41) is 0.703. The Balaban J connectivity index is 1.43. The molecule has 2 saturated heterocycles. The van der Waals surface area contributed by atoms with Gasteiger partial charge in [0.15, 0.2) is 0 Å². The molecule has 8 heteroatoms. The first-order chi connectivity index (χ1) is 14.0. The zero-order chi connectivity index (χ0) is 20.5. The summed E-state index contributed by atoms with van der Waals surface area (Å²) < 4.78 is 14.5. The molecule has 0 aliphatic carbocycles. The molecule has 0 spiro atoms. The number of pyridine rings is 1. The van der Waals surface area contributed by atoms with E-state index in [1.165, 1.54) is 12.1 Å². The minimum absolute atomic E-state index is 0.0172. The van der Waals surface area contributed by atoms with Gasteiger partial charge in [0.05, 0.1) is 11.1 Å². The largest absolute Gasteiger partial charge is 0.368 e. The fourth-order valence-electron chi connectivity index (χ4n) is 4.32. The molecular formula is C21H23FN4O3. The SMILES string of the molecule is NC(=O)C1CCCN1C(=O)C1CCN(C(=O)c2cc3cccnc3cc2F)CC1. The number of carbonyl (C=O) groups excluding carboxylic acids is 3. The molecule has 7 nitrogen and oxygen atoms in total. The Bertz CT molecular complexity index is 972. The highest BCUT2D eigenvalue weighted by atomic mass is 19.1. The van der Waals surface area contributed by atoms with E-state index < -0.39 is 17.8 Å². The van der Waals surface area contributed by atoms with Crippen molar-refractivity contribution in [3.05, 3.63) is 41.8 Å². The van der Waals surface area contributed by atoms with Crippen LogP contribution in [-0.4, -0.2) is 58.2 Å². The zero-order valence-electron chi connectivity index (χ0n) is 16.0. The van der Waals surface area contributed by atoms with Crippen LogP contribution in [-0.2, 0) is 9.59 Å². The van der Waals surface area contributed by atoms with Crippen molar-refractivity contribution in [3.63, 3.8) is 0 Å². The van der Waals surface area contributed by atoms with E-state index in [0.717, 1.165) is 6.42 Å². The van der Waals surface area contributed by atoms with Crippen molar-refractivity contribution in [2.45, 2.75) is 31.7 Å². The lowest BCUT2D eigenvalue weighted by molar-refractivity contribution is -0.141. The van der Waals surface area contributed by atoms with E-state index in [2.05, 4.69) is 4.98 Å². The summed E-state index contributed by atoms with van der Waals surface area (Å²) in [7, 11) is 0. The number of piperidine rings is 1. The summed E-state index contributed by atoms with van der Waals surface area (Å²) in [6, 6.07) is 5.80. The molecule has 4 rings (SSSR count). The molecule has 2 aromatic rings. The highest BCUT2D eigenvalue weighted by molar-refractivity contribution is 5.98. The monoisotopic (exact) mass is 398 g/mol. The third-order valence-corrected chi connectivity index (χ3v) is 5.92. The van der Waals surface area contributed by atoms with Crippen molar-refractivity contribution in [2.75, 3.05) is 19.6 Å². The van der Waals surface area contributed by atoms with Gasteiger partial charge in [-0.25, -0.2) is 4.39 Å². The number of benzene rings is 1. The first kappa shape index (κ1) is 19.3. The maximum atomic E-state index is 14.5. The lowest BCUT2D eigenvalue weighted by Crippen LogP contribution is -2.49. The van der Waals surface area contributed by atoms with Gasteiger partial charge in [-0.05, 0) is 37.8 Å². The predicted octanol–water partition coefficient (Wildman–Crippen LogP) is 1.70. The highest BCUT2D eigenvalue weighted by Crippen LogP contribution is 2.27. The van der Waals surface area contributed by atoms with E-state index in [0.29, 0.717) is 49.8 Å². The number of hydrogen-bond donors (Lipinski definition) is 1. The molecule has 1 unspecified atom stereocenters. The van der Waals surface area contributed by atoms with E-state index in [-0.39, 0.29) is 23.3 Å². The molecule has 0 radical (unpaired) electrons. The number of rotatable bonds is 3. The van der Waals surface area contributed by atoms with Crippen LogP contribution < -0.4 is 5.73 Å². The van der Waals surface area contributed by atoms with Crippen LogP contribution in [0.2, 0.25) is 0 Å². The van der Waals surface area contributed by atoms with Crippen molar-refractivity contribution in [1.82, 2.24) is 14.8 Å². The Morgan fingerprint density at radius 2 is 1.86 bits per heavy atom. The van der Waals surface area contributed by atoms with E-state index in [1.54, 1.807) is 28.1 Å². The van der Waals surface area contributed by atoms with Crippen LogP contribution in [0.1, 0.15) is 36.0 Å². The minimum Gasteiger partial charge on any atom is -0.368 e. The standard InChI is InChI=1S/C21H23FN4O3/c22-16-12-17-14(3-1-7-24-17)11-15(16)21(29)25-9-5-13(6-10-25)20(28)26-8-2-4-18(26)19(23)27/h1,3,7,11-13,18H,2,4-6,8-10H2,(H2,23,27). The predicted molar refractivity (Wildman–Crippen MR) is 104 cm³/mol. The van der Waals surface area contributed by atoms with Crippen molar-refractivity contribution < 1.29 is 18.8 Å². The number of fused-ring (bicyclic) bond motifs is 1. The average Bonchev–Trinajstić information content (AvgIpc) is 3.22. The molecule has 2 aliphatic rings. The lowest BCUT2D eigenvalue weighted by Gasteiger charge is -2.34. The van der Waals surface area contributed by atoms with Crippen LogP contribution in [0.5, 0.6) is 0 Å². The Morgan fingerprint density at radius 1 is 1.10 bits per heavy atom. The molecule has 1 atom stereocenters. The number of likely N-dealkylation sites (tertiary alicyclic amines) is 2. The topological polar surface area (TPSA) is 96.6 Å². The van der Waals surface area contributed by atoms with Gasteiger partial charge in [0.25, 0.3) is 5.91 Å². The first-order valence-electron chi connectivity index (χ1n) is 9.89. The van der Waals surface area contributed by atoms with Crippen LogP contribution in [0.4, 0.5) is 4.39 Å². The van der Waals surface area contributed by atoms with E-state index in [9.17, 15) is 18.8 Å². The molecule has 0 saturated carbocycles. The maximum Gasteiger partial charge on any atom is 0.256 e. The summed E-state index contributed by atoms with van der Waals surface area (Å²) in [6.45, 7) is 1.28. The molecule has 3 heterocycles. The minimum atomic E-state index is -0.597. The van der Waals surface area contributed by atoms with Crippen LogP contribution in [0.15, 0.2) is 30.5 Å². The quantitative estimate of drug-likeness (QED) is 0.851. The Kier molecular flexibility index (Phi) is 5.17. The van der Waals surface area contributed by atoms with Gasteiger partial charge in [0.1, 0.15) is 11.9 Å². The van der Waals surface area contributed by atoms with E-state index in [4.69, 9.17) is 5.73 Å². The van der Waals surface area contributed by atoms with Gasteiger partial charge < -0.3 is 15.5 Å². The molecule has 0 bridgehead atoms. The van der Waals surface area contributed by atoms with Crippen LogP contribution >= 0.6 is 0 Å². The smallest absolute Gasteiger partial charge is 0.256 e. The van der Waals surface area contributed by atoms with Crippen molar-refractivity contribution in [2.24, 2.45) is 11.7 Å². The number of nitrogens with zero attached hydrogens (tertiary/aromatic N) is 3. The van der Waals surface area contributed by atoms with Gasteiger partial charge in [0, 0.05) is 43.2 Å². The van der Waals surface area contributed by atoms with Crippen LogP contribution in [0, 0.1) is 11.7 Å². The molecule has 1 aromatic carbocycles. The Morgan fingerprint density at radius 3 is 2.59 bits per heavy atom. The summed E-state index contributed by atoms with van der Waals surface area (Å²) >= 11 is 0. The zero-order valence-corrected chi connectivity index (χ0v) is 16.0. The summed E-state index contributed by atoms with van der Waals surface area (Å²) in [4.78, 5) is 44.5. The normalized spacial score (nSPS) is 20.2. The molecule has 2 aliphatic heterocycles. The number of hydrogen-bond acceptors (Lipinski definition) is 4. The maximum absolute atomic E-state index is 14.5. The van der Waals surface area contributed by atoms with Crippen molar-refractivity contribution in [1.29, 1.82) is 0 Å². The van der Waals surface area contributed by atoms with Gasteiger partial charge in [-0.15, -0.1) is 0 Å². The molecule has 2 fully saturated rings. The number of carbonyl (C=O) groups is 3. The highest BCUT2D eigenvalue weighted by Gasteiger charge is 2.37. The van der Waals surface area contributed by atoms with Crippen LogP contribution in [0.25, 0.3) is 10.9 Å². The number of halogens is 1. The van der Waals surface area contributed by atoms with Gasteiger partial charge >= 0.3 is 0 Å². The first-order valence-corrected chi connectivity index (χ1v) is 9.89. The number of aromatic nitrogens is 1. The lowest BCUT2D eigenvalue weighted by atomic mass is 9.94. The molecule has 2 N–H and O–H groups in total. The van der Waals surface area contributed by atoms with Crippen LogP contribution in [0.3, 0.4) is 0 Å². The average molecular weight is 398 g/mol. The summed E-state index contributed by atoms with van der Waals surface area (Å²) in [5.74, 6) is -1.76. The summed E-state index contributed by atoms with van der Waals surface area (Å²) in [5.41, 5.74) is 5.93. The van der Waals surface area contributed by atoms with Gasteiger partial charge in [-0.3, -0.25) is 19.4 Å². The van der Waals surface area contributed by atoms with Gasteiger partial charge in [-0.1, -0.05) is 6.07 Å². The summed E-state index contributed by atoms with van der Waals surface area (Å²) in [6.07, 6.45) is 3.93. The van der Waals surface area contributed by atoms with E-state index in [1.807, 2.05) is 0 Å². The van der Waals surface area contributed by atoms with Gasteiger partial charge in [-0.2, -0.15) is 0 Å². The third-order valence-electron chi connectivity index (χ3n) is 5.92. The fourth-order valence-corrected chi connectivity index (χ4v) is 4.32. The molecule has 29 heavy (non-hydrogen) atoms. The Labute approximate surface area is 167 Å². The van der Waals surface area contributed by atoms with Crippen molar-refractivity contribution >= 4 is 28.6 Å². The fraction of sp³-hybridized carbons (Fsp3) is 0.429. The molecule has 152 valence electrons. The second kappa shape index (κ2) is 7.77. The number of amides is 3. The second-order valence-electron chi connectivity index (χ2n) is 7.69. The molecule has 1 aromatic heterocycles.